The van der Waals surface area contributed by atoms with Gasteiger partial charge in [-0.2, -0.15) is 5.10 Å². The summed E-state index contributed by atoms with van der Waals surface area (Å²) in [4.78, 5) is 18.5. The molecule has 0 bridgehead atoms. The van der Waals surface area contributed by atoms with Gasteiger partial charge in [-0.05, 0) is 6.07 Å². The van der Waals surface area contributed by atoms with E-state index in [1.54, 1.807) is 13.3 Å². The zero-order valence-corrected chi connectivity index (χ0v) is 12.8. The number of nitrogens with zero attached hydrogens (tertiary/aromatic N) is 5. The largest absolute Gasteiger partial charge is 0.384 e. The van der Waals surface area contributed by atoms with Gasteiger partial charge in [0.25, 0.3) is 0 Å². The van der Waals surface area contributed by atoms with Gasteiger partial charge in [-0.15, -0.1) is 0 Å². The van der Waals surface area contributed by atoms with Crippen LogP contribution in [0.5, 0.6) is 0 Å². The van der Waals surface area contributed by atoms with Crippen LogP contribution >= 0.6 is 0 Å². The molecule has 0 unspecified atom stereocenters. The number of amides is 1. The molecule has 2 aromatic heterocycles. The number of hydrogen-bond acceptors (Lipinski definition) is 4. The zero-order chi connectivity index (χ0) is 15.4. The Hall–Kier alpha value is -2.15. The molecule has 3 heterocycles. The first-order chi connectivity index (χ1) is 10.8. The topological polar surface area (TPSA) is 65.2 Å². The normalized spacial score (nSPS) is 14.7. The monoisotopic (exact) mass is 303 g/mol. The van der Waals surface area contributed by atoms with E-state index in [1.165, 1.54) is 0 Å². The van der Waals surface area contributed by atoms with Crippen molar-refractivity contribution in [3.63, 3.8) is 0 Å². The van der Waals surface area contributed by atoms with Crippen LogP contribution in [-0.2, 0) is 29.0 Å². The number of ether oxygens (including phenoxy) is 1. The van der Waals surface area contributed by atoms with Gasteiger partial charge in [0.1, 0.15) is 5.82 Å². The van der Waals surface area contributed by atoms with Crippen LogP contribution < -0.4 is 0 Å². The average molecular weight is 303 g/mol. The summed E-state index contributed by atoms with van der Waals surface area (Å²) in [6, 6.07) is 1.91. The number of hydrogen-bond donors (Lipinski definition) is 0. The van der Waals surface area contributed by atoms with E-state index in [2.05, 4.69) is 14.6 Å². The van der Waals surface area contributed by atoms with Gasteiger partial charge in [-0.1, -0.05) is 0 Å². The van der Waals surface area contributed by atoms with Crippen molar-refractivity contribution in [2.45, 2.75) is 25.9 Å². The fourth-order valence-electron chi connectivity index (χ4n) is 2.78. The molecule has 118 valence electrons. The summed E-state index contributed by atoms with van der Waals surface area (Å²) in [5.74, 6) is 1.20. The molecule has 7 nitrogen and oxygen atoms in total. The highest BCUT2D eigenvalue weighted by atomic mass is 16.5. The van der Waals surface area contributed by atoms with E-state index >= 15 is 0 Å². The quantitative estimate of drug-likeness (QED) is 0.809. The van der Waals surface area contributed by atoms with Crippen molar-refractivity contribution in [2.24, 2.45) is 0 Å². The number of rotatable bonds is 5. The van der Waals surface area contributed by atoms with Crippen molar-refractivity contribution >= 4 is 5.91 Å². The van der Waals surface area contributed by atoms with Crippen LogP contribution in [0.1, 0.15) is 17.9 Å². The SMILES string of the molecule is COCCC(=O)N1CCc2ncc(Cn3cccn3)n2CC1. The van der Waals surface area contributed by atoms with Gasteiger partial charge >= 0.3 is 0 Å². The maximum Gasteiger partial charge on any atom is 0.224 e. The van der Waals surface area contributed by atoms with E-state index in [-0.39, 0.29) is 5.91 Å². The lowest BCUT2D eigenvalue weighted by atomic mass is 10.3. The second-order valence-electron chi connectivity index (χ2n) is 5.39. The molecule has 0 saturated heterocycles. The fraction of sp³-hybridized carbons (Fsp3) is 0.533. The minimum absolute atomic E-state index is 0.154. The second-order valence-corrected chi connectivity index (χ2v) is 5.39. The number of methoxy groups -OCH3 is 1. The van der Waals surface area contributed by atoms with E-state index in [1.807, 2.05) is 28.0 Å². The summed E-state index contributed by atoms with van der Waals surface area (Å²) >= 11 is 0. The van der Waals surface area contributed by atoms with Crippen molar-refractivity contribution in [2.75, 3.05) is 26.8 Å². The Kier molecular flexibility index (Phi) is 4.53. The summed E-state index contributed by atoms with van der Waals surface area (Å²) in [5.41, 5.74) is 1.13. The zero-order valence-electron chi connectivity index (χ0n) is 12.8. The van der Waals surface area contributed by atoms with Gasteiger partial charge in [0, 0.05) is 45.6 Å². The number of carbonyl (C=O) groups is 1. The first-order valence-electron chi connectivity index (χ1n) is 7.55. The minimum Gasteiger partial charge on any atom is -0.384 e. The third-order valence-electron chi connectivity index (χ3n) is 3.98. The van der Waals surface area contributed by atoms with E-state index in [4.69, 9.17) is 4.74 Å². The van der Waals surface area contributed by atoms with Crippen molar-refractivity contribution in [1.29, 1.82) is 0 Å². The predicted molar refractivity (Wildman–Crippen MR) is 80.3 cm³/mol. The Morgan fingerprint density at radius 3 is 3.05 bits per heavy atom. The molecule has 0 aromatic carbocycles. The molecule has 1 amide bonds. The molecule has 0 atom stereocenters. The van der Waals surface area contributed by atoms with Crippen molar-refractivity contribution < 1.29 is 9.53 Å². The second kappa shape index (κ2) is 6.74. The Balaban J connectivity index is 1.67. The summed E-state index contributed by atoms with van der Waals surface area (Å²) in [6.45, 7) is 3.41. The van der Waals surface area contributed by atoms with Crippen LogP contribution in [0.25, 0.3) is 0 Å². The smallest absolute Gasteiger partial charge is 0.224 e. The molecular formula is C15H21N5O2. The predicted octanol–water partition coefficient (Wildman–Crippen LogP) is 0.549. The highest BCUT2D eigenvalue weighted by Crippen LogP contribution is 2.13. The number of aromatic nitrogens is 4. The molecular weight excluding hydrogens is 282 g/mol. The van der Waals surface area contributed by atoms with Crippen LogP contribution in [0.3, 0.4) is 0 Å². The van der Waals surface area contributed by atoms with Crippen LogP contribution in [-0.4, -0.2) is 56.9 Å². The Morgan fingerprint density at radius 1 is 1.36 bits per heavy atom. The van der Waals surface area contributed by atoms with E-state index < -0.39 is 0 Å². The third kappa shape index (κ3) is 3.19. The summed E-state index contributed by atoms with van der Waals surface area (Å²) in [5, 5.41) is 4.24. The first-order valence-corrected chi connectivity index (χ1v) is 7.55. The molecule has 0 radical (unpaired) electrons. The van der Waals surface area contributed by atoms with Gasteiger partial charge in [-0.25, -0.2) is 4.98 Å². The standard InChI is InChI=1S/C15H21N5O2/c1-22-10-4-15(21)18-7-3-14-16-11-13(20(14)9-8-18)12-19-6-2-5-17-19/h2,5-6,11H,3-4,7-10,12H2,1H3. The number of carbonyl (C=O) groups excluding carboxylic acids is 1. The van der Waals surface area contributed by atoms with Crippen molar-refractivity contribution in [3.05, 3.63) is 36.2 Å². The highest BCUT2D eigenvalue weighted by molar-refractivity contribution is 5.76. The maximum atomic E-state index is 12.1. The molecule has 1 aliphatic heterocycles. The molecule has 7 heteroatoms. The summed E-state index contributed by atoms with van der Waals surface area (Å²) in [7, 11) is 1.62. The van der Waals surface area contributed by atoms with Gasteiger partial charge in [-0.3, -0.25) is 9.48 Å². The lowest BCUT2D eigenvalue weighted by Gasteiger charge is -2.20. The Bertz CT molecular complexity index is 620. The average Bonchev–Trinajstić information content (AvgIpc) is 3.11. The lowest BCUT2D eigenvalue weighted by molar-refractivity contribution is -0.132. The molecule has 0 aliphatic carbocycles. The maximum absolute atomic E-state index is 12.1. The minimum atomic E-state index is 0.154. The lowest BCUT2D eigenvalue weighted by Crippen LogP contribution is -2.34. The van der Waals surface area contributed by atoms with E-state index in [0.29, 0.717) is 19.6 Å². The number of fused-ring (bicyclic) bond motifs is 1. The molecule has 0 saturated carbocycles. The molecule has 1 aliphatic rings. The molecule has 0 fully saturated rings. The van der Waals surface area contributed by atoms with Gasteiger partial charge in [0.05, 0.1) is 31.5 Å². The number of imidazole rings is 1. The van der Waals surface area contributed by atoms with Crippen LogP contribution in [0.2, 0.25) is 0 Å². The van der Waals surface area contributed by atoms with Crippen molar-refractivity contribution in [3.8, 4) is 0 Å². The first kappa shape index (κ1) is 14.8. The Morgan fingerprint density at radius 2 is 2.27 bits per heavy atom. The molecule has 3 rings (SSSR count). The van der Waals surface area contributed by atoms with Crippen LogP contribution in [0, 0.1) is 0 Å². The molecule has 22 heavy (non-hydrogen) atoms. The molecule has 2 aromatic rings. The van der Waals surface area contributed by atoms with Crippen LogP contribution in [0.15, 0.2) is 24.7 Å². The molecule has 0 N–H and O–H groups in total. The fourth-order valence-corrected chi connectivity index (χ4v) is 2.78. The van der Waals surface area contributed by atoms with E-state index in [0.717, 1.165) is 37.6 Å². The van der Waals surface area contributed by atoms with Crippen molar-refractivity contribution in [1.82, 2.24) is 24.2 Å². The Labute approximate surface area is 129 Å². The summed E-state index contributed by atoms with van der Waals surface area (Å²) < 4.78 is 9.08. The van der Waals surface area contributed by atoms with Gasteiger partial charge in [0.2, 0.25) is 5.91 Å². The van der Waals surface area contributed by atoms with Gasteiger partial charge < -0.3 is 14.2 Å². The third-order valence-corrected chi connectivity index (χ3v) is 3.98. The van der Waals surface area contributed by atoms with Gasteiger partial charge in [0.15, 0.2) is 0 Å². The highest BCUT2D eigenvalue weighted by Gasteiger charge is 2.20. The van der Waals surface area contributed by atoms with E-state index in [9.17, 15) is 4.79 Å². The summed E-state index contributed by atoms with van der Waals surface area (Å²) in [6.07, 6.45) is 6.86. The molecule has 0 spiro atoms. The van der Waals surface area contributed by atoms with Crippen LogP contribution in [0.4, 0.5) is 0 Å².